The number of nitrogens with one attached hydrogen (secondary N) is 2. The van der Waals surface area contributed by atoms with E-state index in [9.17, 15) is 0 Å². The second-order valence-electron chi connectivity index (χ2n) is 4.77. The Morgan fingerprint density at radius 3 is 2.41 bits per heavy atom. The molecule has 0 aliphatic carbocycles. The minimum Gasteiger partial charge on any atom is -0.467 e. The Morgan fingerprint density at radius 1 is 0.955 bits per heavy atom. The molecule has 3 rings (SSSR count). The van der Waals surface area contributed by atoms with E-state index < -0.39 is 0 Å². The van der Waals surface area contributed by atoms with Gasteiger partial charge < -0.3 is 19.5 Å². The molecule has 3 aromatic rings. The van der Waals surface area contributed by atoms with Crippen LogP contribution in [0.1, 0.15) is 23.1 Å². The third kappa shape index (κ3) is 3.56. The SMILES string of the molecule is S=C(NCc1ccco1)N[C@@H](c1ccccc1)c1ccco1. The van der Waals surface area contributed by atoms with E-state index in [2.05, 4.69) is 10.6 Å². The molecule has 112 valence electrons. The molecule has 0 unspecified atom stereocenters. The van der Waals surface area contributed by atoms with Gasteiger partial charge in [0.2, 0.25) is 0 Å². The second kappa shape index (κ2) is 6.95. The molecule has 0 radical (unpaired) electrons. The van der Waals surface area contributed by atoms with Crippen molar-refractivity contribution in [2.45, 2.75) is 12.6 Å². The van der Waals surface area contributed by atoms with E-state index in [1.165, 1.54) is 0 Å². The Morgan fingerprint density at radius 2 is 1.73 bits per heavy atom. The zero-order valence-corrected chi connectivity index (χ0v) is 12.7. The first kappa shape index (κ1) is 14.4. The van der Waals surface area contributed by atoms with Crippen LogP contribution in [-0.2, 0) is 6.54 Å². The molecule has 0 bridgehead atoms. The summed E-state index contributed by atoms with van der Waals surface area (Å²) in [5, 5.41) is 6.96. The van der Waals surface area contributed by atoms with Crippen molar-refractivity contribution in [3.63, 3.8) is 0 Å². The normalized spacial score (nSPS) is 11.8. The number of rotatable bonds is 5. The Balaban J connectivity index is 1.69. The quantitative estimate of drug-likeness (QED) is 0.705. The molecule has 2 heterocycles. The van der Waals surface area contributed by atoms with E-state index in [-0.39, 0.29) is 6.04 Å². The molecular weight excluding hydrogens is 296 g/mol. The smallest absolute Gasteiger partial charge is 0.167 e. The van der Waals surface area contributed by atoms with Crippen LogP contribution in [0.4, 0.5) is 0 Å². The van der Waals surface area contributed by atoms with Crippen LogP contribution in [0.3, 0.4) is 0 Å². The van der Waals surface area contributed by atoms with Gasteiger partial charge in [-0.25, -0.2) is 0 Å². The molecule has 1 atom stereocenters. The Bertz CT molecular complexity index is 694. The van der Waals surface area contributed by atoms with Crippen molar-refractivity contribution in [2.75, 3.05) is 0 Å². The first-order valence-corrected chi connectivity index (χ1v) is 7.39. The molecule has 0 spiro atoms. The van der Waals surface area contributed by atoms with Crippen LogP contribution in [0.2, 0.25) is 0 Å². The summed E-state index contributed by atoms with van der Waals surface area (Å²) in [4.78, 5) is 0. The van der Waals surface area contributed by atoms with Gasteiger partial charge in [-0.2, -0.15) is 0 Å². The maximum absolute atomic E-state index is 5.53. The molecule has 0 amide bonds. The van der Waals surface area contributed by atoms with Crippen LogP contribution >= 0.6 is 12.2 Å². The van der Waals surface area contributed by atoms with Crippen molar-refractivity contribution in [3.8, 4) is 0 Å². The molecular formula is C17H16N2O2S. The molecule has 1 aromatic carbocycles. The zero-order chi connectivity index (χ0) is 15.2. The van der Waals surface area contributed by atoms with E-state index in [0.717, 1.165) is 17.1 Å². The fourth-order valence-electron chi connectivity index (χ4n) is 2.18. The topological polar surface area (TPSA) is 50.3 Å². The average molecular weight is 312 g/mol. The van der Waals surface area contributed by atoms with Gasteiger partial charge in [-0.05, 0) is 42.0 Å². The second-order valence-corrected chi connectivity index (χ2v) is 5.17. The van der Waals surface area contributed by atoms with E-state index in [4.69, 9.17) is 21.1 Å². The molecule has 0 saturated heterocycles. The van der Waals surface area contributed by atoms with Gasteiger partial charge in [0.05, 0.1) is 19.1 Å². The highest BCUT2D eigenvalue weighted by atomic mass is 32.1. The molecule has 0 aliphatic rings. The lowest BCUT2D eigenvalue weighted by atomic mass is 10.1. The van der Waals surface area contributed by atoms with Crippen molar-refractivity contribution in [2.24, 2.45) is 0 Å². The fourth-order valence-corrected chi connectivity index (χ4v) is 2.37. The standard InChI is InChI=1S/C17H16N2O2S/c22-17(18-12-14-8-4-10-20-14)19-16(15-9-5-11-21-15)13-6-2-1-3-7-13/h1-11,16H,12H2,(H2,18,19,22)/t16-/m0/s1. The number of benzene rings is 1. The molecule has 22 heavy (non-hydrogen) atoms. The van der Waals surface area contributed by atoms with Crippen LogP contribution in [0.5, 0.6) is 0 Å². The summed E-state index contributed by atoms with van der Waals surface area (Å²) in [7, 11) is 0. The summed E-state index contributed by atoms with van der Waals surface area (Å²) >= 11 is 5.37. The molecule has 0 fully saturated rings. The third-order valence-corrected chi connectivity index (χ3v) is 3.50. The van der Waals surface area contributed by atoms with Crippen molar-refractivity contribution in [1.82, 2.24) is 10.6 Å². The first-order valence-electron chi connectivity index (χ1n) is 6.98. The van der Waals surface area contributed by atoms with E-state index in [1.807, 2.05) is 54.6 Å². The molecule has 2 aromatic heterocycles. The maximum atomic E-state index is 5.53. The third-order valence-electron chi connectivity index (χ3n) is 3.24. The average Bonchev–Trinajstić information content (AvgIpc) is 3.25. The van der Waals surface area contributed by atoms with Gasteiger partial charge in [-0.15, -0.1) is 0 Å². The summed E-state index contributed by atoms with van der Waals surface area (Å²) < 4.78 is 10.8. The maximum Gasteiger partial charge on any atom is 0.167 e. The van der Waals surface area contributed by atoms with Crippen LogP contribution < -0.4 is 10.6 Å². The minimum atomic E-state index is -0.132. The van der Waals surface area contributed by atoms with Crippen LogP contribution in [0, 0.1) is 0 Å². The molecule has 0 aliphatic heterocycles. The van der Waals surface area contributed by atoms with E-state index in [1.54, 1.807) is 12.5 Å². The first-order chi connectivity index (χ1) is 10.8. The Hall–Kier alpha value is -2.53. The highest BCUT2D eigenvalue weighted by Gasteiger charge is 2.17. The zero-order valence-electron chi connectivity index (χ0n) is 11.9. The highest BCUT2D eigenvalue weighted by Crippen LogP contribution is 2.22. The summed E-state index contributed by atoms with van der Waals surface area (Å²) in [6, 6.07) is 17.5. The largest absolute Gasteiger partial charge is 0.467 e. The van der Waals surface area contributed by atoms with Crippen LogP contribution in [0.25, 0.3) is 0 Å². The van der Waals surface area contributed by atoms with Crippen LogP contribution in [-0.4, -0.2) is 5.11 Å². The fraction of sp³-hybridized carbons (Fsp3) is 0.118. The van der Waals surface area contributed by atoms with Crippen LogP contribution in [0.15, 0.2) is 76.0 Å². The summed E-state index contributed by atoms with van der Waals surface area (Å²) in [5.41, 5.74) is 1.08. The van der Waals surface area contributed by atoms with Gasteiger partial charge in [-0.1, -0.05) is 30.3 Å². The Labute approximate surface area is 134 Å². The van der Waals surface area contributed by atoms with Crippen molar-refractivity contribution in [1.29, 1.82) is 0 Å². The molecule has 0 saturated carbocycles. The molecule has 5 heteroatoms. The van der Waals surface area contributed by atoms with Gasteiger partial charge in [0.25, 0.3) is 0 Å². The summed E-state index contributed by atoms with van der Waals surface area (Å²) in [6.07, 6.45) is 3.30. The van der Waals surface area contributed by atoms with Gasteiger partial charge in [0.1, 0.15) is 17.6 Å². The minimum absolute atomic E-state index is 0.132. The van der Waals surface area contributed by atoms with Crippen molar-refractivity contribution >= 4 is 17.3 Å². The van der Waals surface area contributed by atoms with Gasteiger partial charge in [0.15, 0.2) is 5.11 Å². The lowest BCUT2D eigenvalue weighted by Gasteiger charge is -2.19. The Kier molecular flexibility index (Phi) is 4.56. The van der Waals surface area contributed by atoms with Crippen molar-refractivity contribution in [3.05, 3.63) is 84.2 Å². The summed E-state index contributed by atoms with van der Waals surface area (Å²) in [6.45, 7) is 0.540. The lowest BCUT2D eigenvalue weighted by Crippen LogP contribution is -2.37. The van der Waals surface area contributed by atoms with Crippen molar-refractivity contribution < 1.29 is 8.83 Å². The van der Waals surface area contributed by atoms with E-state index >= 15 is 0 Å². The lowest BCUT2D eigenvalue weighted by molar-refractivity contribution is 0.472. The molecule has 2 N–H and O–H groups in total. The van der Waals surface area contributed by atoms with E-state index in [0.29, 0.717) is 11.7 Å². The predicted molar refractivity (Wildman–Crippen MR) is 88.3 cm³/mol. The van der Waals surface area contributed by atoms with Gasteiger partial charge in [0, 0.05) is 0 Å². The number of thiocarbonyl (C=S) groups is 1. The summed E-state index contributed by atoms with van der Waals surface area (Å²) in [5.74, 6) is 1.65. The monoisotopic (exact) mass is 312 g/mol. The van der Waals surface area contributed by atoms with Gasteiger partial charge >= 0.3 is 0 Å². The number of furan rings is 2. The highest BCUT2D eigenvalue weighted by molar-refractivity contribution is 7.80. The number of hydrogen-bond donors (Lipinski definition) is 2. The molecule has 4 nitrogen and oxygen atoms in total. The predicted octanol–water partition coefficient (Wildman–Crippen LogP) is 3.63. The van der Waals surface area contributed by atoms with Gasteiger partial charge in [-0.3, -0.25) is 0 Å². The number of hydrogen-bond acceptors (Lipinski definition) is 3.